The predicted molar refractivity (Wildman–Crippen MR) is 128 cm³/mol. The first-order valence-corrected chi connectivity index (χ1v) is 12.0. The molecule has 1 fully saturated rings. The minimum atomic E-state index is -2.87. The normalized spacial score (nSPS) is 13.7. The zero-order valence-electron chi connectivity index (χ0n) is 18.7. The lowest BCUT2D eigenvalue weighted by molar-refractivity contribution is -0.126. The molecule has 0 radical (unpaired) electrons. The van der Waals surface area contributed by atoms with Crippen LogP contribution in [0.25, 0.3) is 0 Å². The third-order valence-corrected chi connectivity index (χ3v) is 6.58. The van der Waals surface area contributed by atoms with Gasteiger partial charge in [0, 0.05) is 42.4 Å². The maximum atomic E-state index is 12.5. The number of alkyl halides is 2. The molecule has 0 saturated carbocycles. The summed E-state index contributed by atoms with van der Waals surface area (Å²) in [5, 5.41) is 5.40. The molecule has 4 rings (SSSR count). The number of hydrogen-bond acceptors (Lipinski definition) is 5. The second-order valence-electron chi connectivity index (χ2n) is 7.96. The molecular weight excluding hydrogens is 472 g/mol. The first kappa shape index (κ1) is 24.4. The van der Waals surface area contributed by atoms with Crippen molar-refractivity contribution in [1.29, 1.82) is 0 Å². The van der Waals surface area contributed by atoms with Crippen LogP contribution in [0.15, 0.2) is 60.0 Å². The van der Waals surface area contributed by atoms with Crippen LogP contribution >= 0.6 is 11.3 Å². The van der Waals surface area contributed by atoms with Gasteiger partial charge in [0.05, 0.1) is 5.01 Å². The molecule has 9 heteroatoms. The molecule has 0 aliphatic carbocycles. The number of aromatic nitrogens is 1. The fraction of sp³-hybridized carbons (Fsp3) is 0.269. The first-order valence-electron chi connectivity index (χ1n) is 11.1. The monoisotopic (exact) mass is 495 g/mol. The number of halogens is 2. The summed E-state index contributed by atoms with van der Waals surface area (Å²) in [5.74, 6) is 5.39. The smallest absolute Gasteiger partial charge is 0.387 e. The van der Waals surface area contributed by atoms with Crippen molar-refractivity contribution in [3.8, 4) is 17.6 Å². The van der Waals surface area contributed by atoms with Crippen LogP contribution in [0.3, 0.4) is 0 Å². The van der Waals surface area contributed by atoms with E-state index in [0.29, 0.717) is 18.8 Å². The van der Waals surface area contributed by atoms with Gasteiger partial charge in [-0.25, -0.2) is 4.98 Å². The fourth-order valence-electron chi connectivity index (χ4n) is 3.70. The number of likely N-dealkylation sites (tertiary alicyclic amines) is 1. The van der Waals surface area contributed by atoms with Gasteiger partial charge in [-0.2, -0.15) is 8.78 Å². The number of carbonyl (C=O) groups excluding carboxylic acids is 2. The number of amides is 2. The Hall–Kier alpha value is -3.77. The number of nitrogens with one attached hydrogen (secondary N) is 1. The second kappa shape index (κ2) is 11.6. The van der Waals surface area contributed by atoms with E-state index in [1.54, 1.807) is 22.4 Å². The Bertz CT molecular complexity index is 1210. The van der Waals surface area contributed by atoms with Crippen molar-refractivity contribution in [2.24, 2.45) is 0 Å². The van der Waals surface area contributed by atoms with Crippen molar-refractivity contribution < 1.29 is 23.1 Å². The molecule has 1 N–H and O–H groups in total. The van der Waals surface area contributed by atoms with Crippen LogP contribution in [0.1, 0.15) is 45.4 Å². The van der Waals surface area contributed by atoms with Gasteiger partial charge in [-0.1, -0.05) is 36.3 Å². The van der Waals surface area contributed by atoms with Crippen LogP contribution in [0.5, 0.6) is 5.75 Å². The van der Waals surface area contributed by atoms with Gasteiger partial charge in [0.1, 0.15) is 11.4 Å². The highest BCUT2D eigenvalue weighted by Crippen LogP contribution is 2.30. The van der Waals surface area contributed by atoms with Crippen molar-refractivity contribution >= 4 is 23.2 Å². The number of piperidine rings is 1. The van der Waals surface area contributed by atoms with E-state index in [4.69, 9.17) is 0 Å². The van der Waals surface area contributed by atoms with Gasteiger partial charge >= 0.3 is 6.61 Å². The summed E-state index contributed by atoms with van der Waals surface area (Å²) in [4.78, 5) is 31.2. The average Bonchev–Trinajstić information content (AvgIpc) is 3.38. The maximum absolute atomic E-state index is 12.5. The van der Waals surface area contributed by atoms with Gasteiger partial charge in [-0.15, -0.1) is 11.3 Å². The second-order valence-corrected chi connectivity index (χ2v) is 8.85. The van der Waals surface area contributed by atoms with Crippen molar-refractivity contribution in [2.45, 2.75) is 31.9 Å². The molecule has 1 aromatic heterocycles. The van der Waals surface area contributed by atoms with E-state index in [1.807, 2.05) is 30.3 Å². The zero-order chi connectivity index (χ0) is 24.6. The van der Waals surface area contributed by atoms with Gasteiger partial charge in [-0.3, -0.25) is 9.59 Å². The molecule has 3 aromatic rings. The SMILES string of the molecule is O=C(NCc1ccc(OC(F)F)cc1)c1csc(C2CCN(C(=O)C#Cc3ccccc3)CC2)n1. The summed E-state index contributed by atoms with van der Waals surface area (Å²) in [6.45, 7) is -1.44. The minimum absolute atomic E-state index is 0.0650. The fourth-order valence-corrected chi connectivity index (χ4v) is 4.67. The number of benzene rings is 2. The van der Waals surface area contributed by atoms with Crippen LogP contribution < -0.4 is 10.1 Å². The van der Waals surface area contributed by atoms with Gasteiger partial charge < -0.3 is 15.0 Å². The molecule has 2 amide bonds. The summed E-state index contributed by atoms with van der Waals surface area (Å²) in [6.07, 6.45) is 1.53. The highest BCUT2D eigenvalue weighted by molar-refractivity contribution is 7.09. The van der Waals surface area contributed by atoms with Crippen LogP contribution in [0.2, 0.25) is 0 Å². The summed E-state index contributed by atoms with van der Waals surface area (Å²) in [5.41, 5.74) is 1.90. The molecule has 35 heavy (non-hydrogen) atoms. The standard InChI is InChI=1S/C26H23F2N3O3S/c27-26(28)34-21-9-6-19(7-10-21)16-29-24(33)22-17-35-25(30-22)20-12-14-31(15-13-20)23(32)11-8-18-4-2-1-3-5-18/h1-7,9-10,17,20,26H,12-16H2,(H,29,33). The Morgan fingerprint density at radius 1 is 1.11 bits per heavy atom. The lowest BCUT2D eigenvalue weighted by Crippen LogP contribution is -2.37. The number of ether oxygens (including phenoxy) is 1. The van der Waals surface area contributed by atoms with Gasteiger partial charge in [-0.05, 0) is 42.7 Å². The Morgan fingerprint density at radius 2 is 1.83 bits per heavy atom. The van der Waals surface area contributed by atoms with E-state index in [-0.39, 0.29) is 30.0 Å². The highest BCUT2D eigenvalue weighted by atomic mass is 32.1. The first-order chi connectivity index (χ1) is 17.0. The third kappa shape index (κ3) is 6.87. The van der Waals surface area contributed by atoms with Gasteiger partial charge in [0.15, 0.2) is 0 Å². The van der Waals surface area contributed by atoms with Crippen molar-refractivity contribution in [2.75, 3.05) is 13.1 Å². The molecule has 6 nitrogen and oxygen atoms in total. The van der Waals surface area contributed by atoms with Crippen LogP contribution in [-0.2, 0) is 11.3 Å². The van der Waals surface area contributed by atoms with Gasteiger partial charge in [0.2, 0.25) is 0 Å². The lowest BCUT2D eigenvalue weighted by atomic mass is 9.97. The summed E-state index contributed by atoms with van der Waals surface area (Å²) >= 11 is 1.44. The van der Waals surface area contributed by atoms with E-state index >= 15 is 0 Å². The van der Waals surface area contributed by atoms with Crippen LogP contribution in [0.4, 0.5) is 8.78 Å². The molecule has 0 atom stereocenters. The van der Waals surface area contributed by atoms with E-state index in [2.05, 4.69) is 26.9 Å². The zero-order valence-corrected chi connectivity index (χ0v) is 19.6. The molecule has 0 spiro atoms. The lowest BCUT2D eigenvalue weighted by Gasteiger charge is -2.29. The van der Waals surface area contributed by atoms with E-state index in [1.165, 1.54) is 23.5 Å². The number of carbonyl (C=O) groups is 2. The van der Waals surface area contributed by atoms with E-state index < -0.39 is 6.61 Å². The Labute approximate surface area is 205 Å². The molecule has 0 bridgehead atoms. The predicted octanol–water partition coefficient (Wildman–Crippen LogP) is 4.43. The summed E-state index contributed by atoms with van der Waals surface area (Å²) in [7, 11) is 0. The Morgan fingerprint density at radius 3 is 2.51 bits per heavy atom. The van der Waals surface area contributed by atoms with Crippen molar-refractivity contribution in [1.82, 2.24) is 15.2 Å². The topological polar surface area (TPSA) is 71.5 Å². The number of thiazole rings is 1. The third-order valence-electron chi connectivity index (χ3n) is 5.58. The molecule has 180 valence electrons. The van der Waals surface area contributed by atoms with Crippen LogP contribution in [0, 0.1) is 11.8 Å². The maximum Gasteiger partial charge on any atom is 0.387 e. The van der Waals surface area contributed by atoms with Crippen molar-refractivity contribution in [3.63, 3.8) is 0 Å². The van der Waals surface area contributed by atoms with E-state index in [0.717, 1.165) is 29.0 Å². The average molecular weight is 496 g/mol. The molecule has 1 aliphatic heterocycles. The van der Waals surface area contributed by atoms with Crippen LogP contribution in [-0.4, -0.2) is 41.4 Å². The minimum Gasteiger partial charge on any atom is -0.435 e. The van der Waals surface area contributed by atoms with Crippen molar-refractivity contribution in [3.05, 3.63) is 81.8 Å². The van der Waals surface area contributed by atoms with Gasteiger partial charge in [0.25, 0.3) is 11.8 Å². The summed E-state index contributed by atoms with van der Waals surface area (Å²) in [6, 6.07) is 15.5. The quantitative estimate of drug-likeness (QED) is 0.514. The Kier molecular flexibility index (Phi) is 8.06. The molecule has 1 aliphatic rings. The Balaban J connectivity index is 1.25. The number of nitrogens with zero attached hydrogens (tertiary/aromatic N) is 2. The summed E-state index contributed by atoms with van der Waals surface area (Å²) < 4.78 is 28.8. The molecule has 2 aromatic carbocycles. The molecule has 2 heterocycles. The molecular formula is C26H23F2N3O3S. The molecule has 0 unspecified atom stereocenters. The number of rotatable bonds is 6. The number of hydrogen-bond donors (Lipinski definition) is 1. The largest absolute Gasteiger partial charge is 0.435 e. The van der Waals surface area contributed by atoms with E-state index in [9.17, 15) is 18.4 Å². The highest BCUT2D eigenvalue weighted by Gasteiger charge is 2.25. The molecule has 1 saturated heterocycles.